The van der Waals surface area contributed by atoms with E-state index in [0.717, 1.165) is 89.9 Å². The second kappa shape index (κ2) is 66.6. The average Bonchev–Trinajstić information content (AvgIpc) is 3.44. The number of hydrogen-bond donors (Lipinski definition) is 0. The van der Waals surface area contributed by atoms with Crippen LogP contribution in [0.25, 0.3) is 0 Å². The minimum Gasteiger partial charge on any atom is -0.462 e. The Bertz CT molecular complexity index is 1390. The molecule has 0 heterocycles. The van der Waals surface area contributed by atoms with Crippen LogP contribution in [0.2, 0.25) is 0 Å². The van der Waals surface area contributed by atoms with Gasteiger partial charge in [-0.3, -0.25) is 14.4 Å². The van der Waals surface area contributed by atoms with Crippen LogP contribution in [0.5, 0.6) is 0 Å². The van der Waals surface area contributed by atoms with Crippen LogP contribution in [-0.4, -0.2) is 37.2 Å². The number of rotatable bonds is 63. The van der Waals surface area contributed by atoms with Crippen molar-refractivity contribution in [2.24, 2.45) is 0 Å². The molecule has 6 heteroatoms. The quantitative estimate of drug-likeness (QED) is 0.0261. The van der Waals surface area contributed by atoms with E-state index in [1.54, 1.807) is 0 Å². The number of hydrogen-bond acceptors (Lipinski definition) is 6. The van der Waals surface area contributed by atoms with E-state index in [2.05, 4.69) is 81.5 Å². The van der Waals surface area contributed by atoms with Gasteiger partial charge in [0, 0.05) is 19.3 Å². The maximum Gasteiger partial charge on any atom is 0.306 e. The average molecular weight is 1090 g/mol. The number of esters is 3. The van der Waals surface area contributed by atoms with E-state index >= 15 is 0 Å². The summed E-state index contributed by atoms with van der Waals surface area (Å²) < 4.78 is 17.0. The van der Waals surface area contributed by atoms with Gasteiger partial charge in [-0.05, 0) is 64.2 Å². The first-order valence-corrected chi connectivity index (χ1v) is 34.3. The molecule has 0 saturated heterocycles. The highest BCUT2D eigenvalue weighted by Crippen LogP contribution is 2.18. The fraction of sp³-hybridized carbons (Fsp3) is 0.819. The summed E-state index contributed by atoms with van der Waals surface area (Å²) in [5, 5.41) is 0. The SMILES string of the molecule is CC/C=C\C/C=C\C/C=C\C/C=C\C/C=C\CCCCCCCCCCCCCC(=O)OCC(COC(=O)CCCCCCCCCCCCCCCC)OC(=O)CCCCCCCCCCCCCCCCCCCCC. The van der Waals surface area contributed by atoms with Crippen LogP contribution in [0.4, 0.5) is 0 Å². The predicted molar refractivity (Wildman–Crippen MR) is 339 cm³/mol. The maximum atomic E-state index is 12.9. The Labute approximate surface area is 485 Å². The molecular weight excluding hydrogens is 961 g/mol. The van der Waals surface area contributed by atoms with Gasteiger partial charge < -0.3 is 14.2 Å². The summed E-state index contributed by atoms with van der Waals surface area (Å²) >= 11 is 0. The Hall–Kier alpha value is -2.89. The van der Waals surface area contributed by atoms with Gasteiger partial charge in [0.1, 0.15) is 13.2 Å². The molecule has 1 unspecified atom stereocenters. The summed E-state index contributed by atoms with van der Waals surface area (Å²) in [4.78, 5) is 38.4. The summed E-state index contributed by atoms with van der Waals surface area (Å²) in [6.45, 7) is 6.59. The van der Waals surface area contributed by atoms with Crippen LogP contribution in [0.1, 0.15) is 361 Å². The molecule has 78 heavy (non-hydrogen) atoms. The normalized spacial score (nSPS) is 12.4. The van der Waals surface area contributed by atoms with E-state index in [1.807, 2.05) is 0 Å². The third-order valence-electron chi connectivity index (χ3n) is 15.3. The Morgan fingerprint density at radius 2 is 0.500 bits per heavy atom. The van der Waals surface area contributed by atoms with Crippen molar-refractivity contribution < 1.29 is 28.6 Å². The highest BCUT2D eigenvalue weighted by molar-refractivity contribution is 5.71. The van der Waals surface area contributed by atoms with Gasteiger partial charge in [0.25, 0.3) is 0 Å². The number of allylic oxidation sites excluding steroid dienone is 10. The number of ether oxygens (including phenoxy) is 3. The van der Waals surface area contributed by atoms with E-state index in [1.165, 1.54) is 231 Å². The monoisotopic (exact) mass is 1090 g/mol. The predicted octanol–water partition coefficient (Wildman–Crippen LogP) is 23.5. The Morgan fingerprint density at radius 1 is 0.269 bits per heavy atom. The first kappa shape index (κ1) is 75.1. The zero-order valence-electron chi connectivity index (χ0n) is 52.2. The minimum absolute atomic E-state index is 0.0687. The van der Waals surface area contributed by atoms with Crippen molar-refractivity contribution >= 4 is 17.9 Å². The van der Waals surface area contributed by atoms with Crippen LogP contribution in [0.3, 0.4) is 0 Å². The zero-order valence-corrected chi connectivity index (χ0v) is 52.2. The molecule has 0 fully saturated rings. The molecule has 0 aromatic heterocycles. The van der Waals surface area contributed by atoms with Crippen LogP contribution in [0, 0.1) is 0 Å². The van der Waals surface area contributed by atoms with Gasteiger partial charge in [-0.2, -0.15) is 0 Å². The molecule has 6 nitrogen and oxygen atoms in total. The van der Waals surface area contributed by atoms with E-state index in [9.17, 15) is 14.4 Å². The Kier molecular flexibility index (Phi) is 64.2. The van der Waals surface area contributed by atoms with Crippen molar-refractivity contribution in [1.29, 1.82) is 0 Å². The van der Waals surface area contributed by atoms with Gasteiger partial charge in [0.05, 0.1) is 0 Å². The van der Waals surface area contributed by atoms with Gasteiger partial charge in [-0.25, -0.2) is 0 Å². The van der Waals surface area contributed by atoms with E-state index in [-0.39, 0.29) is 31.1 Å². The minimum atomic E-state index is -0.772. The largest absolute Gasteiger partial charge is 0.462 e. The summed E-state index contributed by atoms with van der Waals surface area (Å²) in [6, 6.07) is 0. The molecule has 0 aliphatic heterocycles. The molecule has 1 atom stereocenters. The van der Waals surface area contributed by atoms with Crippen LogP contribution in [0.15, 0.2) is 60.8 Å². The van der Waals surface area contributed by atoms with Crippen molar-refractivity contribution in [3.8, 4) is 0 Å². The lowest BCUT2D eigenvalue weighted by molar-refractivity contribution is -0.167. The molecule has 0 aromatic carbocycles. The van der Waals surface area contributed by atoms with Crippen LogP contribution in [-0.2, 0) is 28.6 Å². The molecule has 0 saturated carbocycles. The van der Waals surface area contributed by atoms with E-state index in [0.29, 0.717) is 19.3 Å². The van der Waals surface area contributed by atoms with Gasteiger partial charge >= 0.3 is 17.9 Å². The van der Waals surface area contributed by atoms with Crippen molar-refractivity contribution in [3.63, 3.8) is 0 Å². The second-order valence-corrected chi connectivity index (χ2v) is 23.1. The molecule has 0 amide bonds. The topological polar surface area (TPSA) is 78.9 Å². The molecule has 0 aliphatic rings. The lowest BCUT2D eigenvalue weighted by atomic mass is 10.0. The summed E-state index contributed by atoms with van der Waals surface area (Å²) in [5.41, 5.74) is 0. The Morgan fingerprint density at radius 3 is 0.782 bits per heavy atom. The number of carbonyl (C=O) groups is 3. The molecular formula is C72H130O6. The standard InChI is InChI=1S/C72H130O6/c1-4-7-10-13-16-19-22-25-28-30-32-33-34-35-36-37-38-39-41-42-44-47-50-53-56-59-62-65-71(74)77-68-69(67-76-70(73)64-61-58-55-52-49-46-27-24-21-18-15-12-9-6-3)78-72(75)66-63-60-57-54-51-48-45-43-40-31-29-26-23-20-17-14-11-8-5-2/h7,10,16,19,25,28,32-33,35-36,69H,4-6,8-9,11-15,17-18,20-24,26-27,29-31,34,37-68H2,1-3H3/b10-7-,19-16-,28-25-,33-32-,36-35-. The molecule has 0 aliphatic carbocycles. The smallest absolute Gasteiger partial charge is 0.306 e. The van der Waals surface area contributed by atoms with Gasteiger partial charge in [0.15, 0.2) is 6.10 Å². The number of carbonyl (C=O) groups excluding carboxylic acids is 3. The lowest BCUT2D eigenvalue weighted by Gasteiger charge is -2.18. The molecule has 454 valence electrons. The maximum absolute atomic E-state index is 12.9. The fourth-order valence-corrected chi connectivity index (χ4v) is 10.2. The highest BCUT2D eigenvalue weighted by atomic mass is 16.6. The van der Waals surface area contributed by atoms with Crippen LogP contribution >= 0.6 is 0 Å². The van der Waals surface area contributed by atoms with E-state index in [4.69, 9.17) is 14.2 Å². The molecule has 0 bridgehead atoms. The van der Waals surface area contributed by atoms with Crippen molar-refractivity contribution in [3.05, 3.63) is 60.8 Å². The highest BCUT2D eigenvalue weighted by Gasteiger charge is 2.19. The zero-order chi connectivity index (χ0) is 56.4. The van der Waals surface area contributed by atoms with Crippen molar-refractivity contribution in [2.75, 3.05) is 13.2 Å². The first-order valence-electron chi connectivity index (χ1n) is 34.3. The van der Waals surface area contributed by atoms with Gasteiger partial charge in [-0.1, -0.05) is 338 Å². The first-order chi connectivity index (χ1) is 38.5. The number of unbranched alkanes of at least 4 members (excludes halogenated alkanes) is 42. The third kappa shape index (κ3) is 63.9. The third-order valence-corrected chi connectivity index (χ3v) is 15.3. The lowest BCUT2D eigenvalue weighted by Crippen LogP contribution is -2.30. The molecule has 0 N–H and O–H groups in total. The van der Waals surface area contributed by atoms with E-state index < -0.39 is 6.10 Å². The van der Waals surface area contributed by atoms with Crippen molar-refractivity contribution in [2.45, 2.75) is 367 Å². The summed E-state index contributed by atoms with van der Waals surface area (Å²) in [7, 11) is 0. The summed E-state index contributed by atoms with van der Waals surface area (Å²) in [6.07, 6.45) is 85.2. The molecule has 0 radical (unpaired) electrons. The second-order valence-electron chi connectivity index (χ2n) is 23.1. The Balaban J connectivity index is 4.27. The summed E-state index contributed by atoms with van der Waals surface area (Å²) in [5.74, 6) is -0.846. The fourth-order valence-electron chi connectivity index (χ4n) is 10.2. The van der Waals surface area contributed by atoms with Crippen molar-refractivity contribution in [1.82, 2.24) is 0 Å². The molecule has 0 rings (SSSR count). The molecule has 0 spiro atoms. The van der Waals surface area contributed by atoms with Crippen LogP contribution < -0.4 is 0 Å². The molecule has 0 aromatic rings. The van der Waals surface area contributed by atoms with Gasteiger partial charge in [-0.15, -0.1) is 0 Å². The van der Waals surface area contributed by atoms with Gasteiger partial charge in [0.2, 0.25) is 0 Å².